The van der Waals surface area contributed by atoms with Crippen molar-refractivity contribution in [3.05, 3.63) is 64.7 Å². The second-order valence-electron chi connectivity index (χ2n) is 8.81. The maximum Gasteiger partial charge on any atom is 0.573 e. The minimum atomic E-state index is -4.99. The molecule has 1 aliphatic rings. The van der Waals surface area contributed by atoms with Crippen molar-refractivity contribution >= 4 is 28.5 Å². The molecule has 15 heteroatoms. The van der Waals surface area contributed by atoms with Gasteiger partial charge >= 0.3 is 12.5 Å². The van der Waals surface area contributed by atoms with Gasteiger partial charge in [-0.3, -0.25) is 4.79 Å². The topological polar surface area (TPSA) is 88.9 Å². The number of hydrogen-bond donors (Lipinski definition) is 1. The highest BCUT2D eigenvalue weighted by Gasteiger charge is 2.45. The molecule has 1 aliphatic heterocycles. The van der Waals surface area contributed by atoms with Crippen molar-refractivity contribution in [3.63, 3.8) is 0 Å². The van der Waals surface area contributed by atoms with Gasteiger partial charge < -0.3 is 14.6 Å². The summed E-state index contributed by atoms with van der Waals surface area (Å²) in [5.41, 5.74) is -2.00. The van der Waals surface area contributed by atoms with Crippen molar-refractivity contribution in [3.8, 4) is 11.4 Å². The molecule has 0 unspecified atom stereocenters. The lowest BCUT2D eigenvalue weighted by molar-refractivity contribution is -0.274. The number of nitrogens with one attached hydrogen (secondary N) is 1. The second-order valence-corrected chi connectivity index (χ2v) is 9.22. The van der Waals surface area contributed by atoms with E-state index in [1.165, 1.54) is 23.4 Å². The van der Waals surface area contributed by atoms with Crippen molar-refractivity contribution in [2.24, 2.45) is 0 Å². The van der Waals surface area contributed by atoms with Gasteiger partial charge in [0.15, 0.2) is 0 Å². The fourth-order valence-corrected chi connectivity index (χ4v) is 4.85. The molecule has 1 fully saturated rings. The van der Waals surface area contributed by atoms with E-state index in [9.17, 15) is 31.1 Å². The number of hydrogen-bond acceptors (Lipinski definition) is 5. The highest BCUT2D eigenvalue weighted by Crippen LogP contribution is 2.42. The molecule has 3 heterocycles. The number of nitrogens with zero attached hydrogens (tertiary/aromatic N) is 5. The van der Waals surface area contributed by atoms with Gasteiger partial charge in [-0.2, -0.15) is 28.2 Å². The zero-order valence-electron chi connectivity index (χ0n) is 19.4. The normalized spacial score (nSPS) is 18.4. The minimum absolute atomic E-state index is 0.0688. The summed E-state index contributed by atoms with van der Waals surface area (Å²) in [6.45, 7) is 1.88. The molecule has 2 aromatic carbocycles. The van der Waals surface area contributed by atoms with Crippen molar-refractivity contribution in [2.45, 2.75) is 37.8 Å². The van der Waals surface area contributed by atoms with Gasteiger partial charge in [0.1, 0.15) is 11.6 Å². The molecule has 1 saturated heterocycles. The van der Waals surface area contributed by atoms with E-state index in [2.05, 4.69) is 24.9 Å². The van der Waals surface area contributed by atoms with E-state index in [0.717, 1.165) is 29.1 Å². The standard InChI is InChI=1S/C23H17ClF6N6O2/c1-21(20-33-16-10-14(22(25,26)27)15(24)11-17(16)34-20)5-2-8-35(21)19(37)13-9-12(38-23(28,29)30)3-4-18(13)36-31-6-7-32-36/h3-4,6-7,9-11H,2,5,8H2,1H3,(H,33,34)/t21-/m0/s1. The number of benzene rings is 2. The van der Waals surface area contributed by atoms with Gasteiger partial charge in [0.25, 0.3) is 5.91 Å². The van der Waals surface area contributed by atoms with Crippen LogP contribution in [0.4, 0.5) is 26.3 Å². The quantitative estimate of drug-likeness (QED) is 0.317. The van der Waals surface area contributed by atoms with E-state index < -0.39 is 40.3 Å². The average Bonchev–Trinajstić information content (AvgIpc) is 3.56. The predicted octanol–water partition coefficient (Wildman–Crippen LogP) is 5.87. The molecule has 0 radical (unpaired) electrons. The van der Waals surface area contributed by atoms with Crippen molar-refractivity contribution in [1.82, 2.24) is 29.9 Å². The Labute approximate surface area is 215 Å². The van der Waals surface area contributed by atoms with Crippen LogP contribution in [-0.2, 0) is 11.7 Å². The summed E-state index contributed by atoms with van der Waals surface area (Å²) in [5, 5.41) is 7.41. The van der Waals surface area contributed by atoms with Crippen LogP contribution in [0.1, 0.15) is 41.5 Å². The Kier molecular flexibility index (Phi) is 6.04. The average molecular weight is 559 g/mol. The lowest BCUT2D eigenvalue weighted by atomic mass is 9.97. The molecular weight excluding hydrogens is 542 g/mol. The fourth-order valence-electron chi connectivity index (χ4n) is 4.58. The van der Waals surface area contributed by atoms with Crippen LogP contribution in [0.25, 0.3) is 16.7 Å². The zero-order chi connectivity index (χ0) is 27.5. The SMILES string of the molecule is C[C@@]1(c2nc3cc(Cl)c(C(F)(F)F)cc3[nH]2)CCCN1C(=O)c1cc(OC(F)(F)F)ccc1-n1nccn1. The number of carbonyl (C=O) groups is 1. The Morgan fingerprint density at radius 3 is 2.47 bits per heavy atom. The lowest BCUT2D eigenvalue weighted by Gasteiger charge is -2.34. The predicted molar refractivity (Wildman–Crippen MR) is 122 cm³/mol. The van der Waals surface area contributed by atoms with Gasteiger partial charge in [-0.05, 0) is 50.1 Å². The summed E-state index contributed by atoms with van der Waals surface area (Å²) < 4.78 is 82.7. The number of aromatic amines is 1. The number of rotatable bonds is 4. The highest BCUT2D eigenvalue weighted by molar-refractivity contribution is 6.32. The Morgan fingerprint density at radius 1 is 1.11 bits per heavy atom. The number of halogens is 7. The largest absolute Gasteiger partial charge is 0.573 e. The number of H-pyrrole nitrogens is 1. The van der Waals surface area contributed by atoms with Crippen LogP contribution in [0.3, 0.4) is 0 Å². The molecule has 0 bridgehead atoms. The van der Waals surface area contributed by atoms with E-state index >= 15 is 0 Å². The number of aromatic nitrogens is 5. The first-order chi connectivity index (χ1) is 17.8. The monoisotopic (exact) mass is 558 g/mol. The molecule has 4 aromatic rings. The third-order valence-corrected chi connectivity index (χ3v) is 6.65. The lowest BCUT2D eigenvalue weighted by Crippen LogP contribution is -2.44. The van der Waals surface area contributed by atoms with Gasteiger partial charge in [-0.1, -0.05) is 11.6 Å². The van der Waals surface area contributed by atoms with Crippen LogP contribution in [0, 0.1) is 0 Å². The van der Waals surface area contributed by atoms with Crippen molar-refractivity contribution in [1.29, 1.82) is 0 Å². The van der Waals surface area contributed by atoms with Gasteiger partial charge in [0.2, 0.25) is 0 Å². The molecule has 1 amide bonds. The molecule has 2 aromatic heterocycles. The third-order valence-electron chi connectivity index (χ3n) is 6.34. The Morgan fingerprint density at radius 2 is 1.82 bits per heavy atom. The molecule has 200 valence electrons. The smallest absolute Gasteiger partial charge is 0.406 e. The number of amides is 1. The number of fused-ring (bicyclic) bond motifs is 1. The zero-order valence-corrected chi connectivity index (χ0v) is 20.1. The van der Waals surface area contributed by atoms with E-state index in [0.29, 0.717) is 12.8 Å². The number of ether oxygens (including phenoxy) is 1. The summed E-state index contributed by atoms with van der Waals surface area (Å²) >= 11 is 5.83. The molecule has 38 heavy (non-hydrogen) atoms. The van der Waals surface area contributed by atoms with E-state index in [-0.39, 0.29) is 34.7 Å². The fraction of sp³-hybridized carbons (Fsp3) is 0.304. The number of likely N-dealkylation sites (tertiary alicyclic amines) is 1. The van der Waals surface area contributed by atoms with Gasteiger partial charge in [0.05, 0.1) is 50.8 Å². The van der Waals surface area contributed by atoms with Crippen LogP contribution in [0.15, 0.2) is 42.7 Å². The minimum Gasteiger partial charge on any atom is -0.406 e. The van der Waals surface area contributed by atoms with Gasteiger partial charge in [-0.25, -0.2) is 4.98 Å². The van der Waals surface area contributed by atoms with Crippen LogP contribution < -0.4 is 4.74 Å². The Hall–Kier alpha value is -3.81. The van der Waals surface area contributed by atoms with E-state index in [1.807, 2.05) is 0 Å². The van der Waals surface area contributed by atoms with Crippen LogP contribution in [0.2, 0.25) is 5.02 Å². The highest BCUT2D eigenvalue weighted by atomic mass is 35.5. The van der Waals surface area contributed by atoms with Gasteiger partial charge in [0, 0.05) is 6.54 Å². The number of alkyl halides is 6. The molecule has 5 rings (SSSR count). The van der Waals surface area contributed by atoms with Gasteiger partial charge in [-0.15, -0.1) is 13.2 Å². The van der Waals surface area contributed by atoms with Crippen molar-refractivity contribution < 1.29 is 35.9 Å². The van der Waals surface area contributed by atoms with E-state index in [4.69, 9.17) is 11.6 Å². The Balaban J connectivity index is 1.57. The summed E-state index contributed by atoms with van der Waals surface area (Å²) in [6.07, 6.45) is -6.12. The molecular formula is C23H17ClF6N6O2. The third kappa shape index (κ3) is 4.64. The first-order valence-corrected chi connectivity index (χ1v) is 11.5. The number of imidazole rings is 1. The summed E-state index contributed by atoms with van der Waals surface area (Å²) in [6, 6.07) is 5.14. The van der Waals surface area contributed by atoms with Crippen LogP contribution >= 0.6 is 11.6 Å². The van der Waals surface area contributed by atoms with Crippen LogP contribution in [-0.4, -0.2) is 48.7 Å². The molecule has 1 atom stereocenters. The number of carbonyl (C=O) groups excluding carboxylic acids is 1. The van der Waals surface area contributed by atoms with E-state index in [1.54, 1.807) is 6.92 Å². The molecule has 8 nitrogen and oxygen atoms in total. The van der Waals surface area contributed by atoms with Crippen LogP contribution in [0.5, 0.6) is 5.75 Å². The summed E-state index contributed by atoms with van der Waals surface area (Å²) in [5.74, 6) is -1.08. The maximum absolute atomic E-state index is 13.8. The molecule has 0 aliphatic carbocycles. The first kappa shape index (κ1) is 25.8. The van der Waals surface area contributed by atoms with Crippen molar-refractivity contribution in [2.75, 3.05) is 6.54 Å². The second kappa shape index (κ2) is 8.89. The first-order valence-electron chi connectivity index (χ1n) is 11.1. The molecule has 0 spiro atoms. The summed E-state index contributed by atoms with van der Waals surface area (Å²) in [4.78, 5) is 23.6. The Bertz CT molecular complexity index is 1520. The maximum atomic E-state index is 13.8. The summed E-state index contributed by atoms with van der Waals surface area (Å²) in [7, 11) is 0. The molecule has 1 N–H and O–H groups in total. The molecule has 0 saturated carbocycles.